The van der Waals surface area contributed by atoms with Crippen LogP contribution < -0.4 is 24.2 Å². The van der Waals surface area contributed by atoms with E-state index in [0.29, 0.717) is 125 Å². The van der Waals surface area contributed by atoms with E-state index in [4.69, 9.17) is 82.4 Å². The number of H-pyrrole nitrogens is 1. The number of benzene rings is 1. The Balaban J connectivity index is 0.000000194. The van der Waals surface area contributed by atoms with Crippen molar-refractivity contribution in [2.45, 2.75) is 87.2 Å². The molecule has 1 amide bonds. The number of amides is 1. The molecule has 13 aromatic heterocycles. The molecule has 0 aliphatic carbocycles. The topological polar surface area (TPSA) is 484 Å². The quantitative estimate of drug-likeness (QED) is 0.0379. The van der Waals surface area contributed by atoms with Gasteiger partial charge < -0.3 is 35.2 Å². The van der Waals surface area contributed by atoms with Crippen molar-refractivity contribution in [3.05, 3.63) is 241 Å². The number of halogens is 5. The number of pyridine rings is 4. The number of aromatic nitrogens is 22. The Labute approximate surface area is 692 Å². The number of anilines is 1. The molecule has 0 bridgehead atoms. The number of hydrogen-bond acceptors (Lipinski definition) is 30. The second kappa shape index (κ2) is 44.5. The molecule has 14 aromatic rings. The Hall–Kier alpha value is -11.2. The number of aromatic carboxylic acids is 1. The molecule has 1 fully saturated rings. The van der Waals surface area contributed by atoms with E-state index < -0.39 is 28.0 Å². The Morgan fingerprint density at radius 3 is 1.25 bits per heavy atom. The minimum Gasteiger partial charge on any atom is -0.870 e. The average Bonchev–Trinajstić information content (AvgIpc) is 1.69. The van der Waals surface area contributed by atoms with Gasteiger partial charge in [-0.05, 0) is 78.6 Å². The predicted molar refractivity (Wildman–Crippen MR) is 419 cm³/mol. The summed E-state index contributed by atoms with van der Waals surface area (Å²) < 4.78 is 45.4. The SMILES string of the molecule is C1CCOC1.CCOC(=O)c1cnc2c(c(C)nn2Cc2cnccn2)c1Cl.CCOC(=O)c1cnc2n[nH]c(C)c2c1Cl.CS(=O)(=O)OCc1cnccn1.Cc1nn(Cc2cnccn2)c2ncc(C(=O)Nc3ccc(Cl)cc3)c(Cl)c12.Cc1nn(Cc2cnccn2)c2ncc(C(=O)O)c(Cl)c12.OCc1cnccn1.[Li+].[OH-]. The fraction of sp³-hybridized carbons (Fsp3) is 0.250. The number of aliphatic hydroxyl groups excluding tert-OH is 1. The number of nitrogens with one attached hydrogen (secondary N) is 2. The second-order valence-electron chi connectivity index (χ2n) is 23.5. The number of esters is 2. The number of aromatic amines is 1. The monoisotopic (exact) mass is 1680 g/mol. The molecule has 43 heteroatoms. The third-order valence-electron chi connectivity index (χ3n) is 15.3. The Morgan fingerprint density at radius 2 is 0.887 bits per heavy atom. The van der Waals surface area contributed by atoms with E-state index in [0.717, 1.165) is 42.2 Å². The number of carboxylic acids is 1. The molecule has 0 unspecified atom stereocenters. The van der Waals surface area contributed by atoms with Crippen molar-refractivity contribution >= 4 is 142 Å². The van der Waals surface area contributed by atoms with Crippen LogP contribution in [0.25, 0.3) is 44.1 Å². The van der Waals surface area contributed by atoms with Gasteiger partial charge in [0.15, 0.2) is 22.6 Å². The number of carboxylic acid groups (broad SMARTS) is 1. The van der Waals surface area contributed by atoms with Gasteiger partial charge in [-0.2, -0.15) is 28.8 Å². The van der Waals surface area contributed by atoms with Crippen molar-refractivity contribution in [1.29, 1.82) is 0 Å². The summed E-state index contributed by atoms with van der Waals surface area (Å²) in [6.07, 6.45) is 32.7. The van der Waals surface area contributed by atoms with Crippen LogP contribution in [0.1, 0.15) is 119 Å². The zero-order valence-electron chi connectivity index (χ0n) is 62.7. The number of nitrogens with zero attached hydrogens (tertiary/aromatic N) is 21. The molecule has 0 saturated carbocycles. The molecule has 36 nitrogen and oxygen atoms in total. The number of fused-ring (bicyclic) bond motifs is 4. The molecule has 0 radical (unpaired) electrons. The Bertz CT molecular complexity index is 5670. The number of aliphatic hydroxyl groups is 1. The van der Waals surface area contributed by atoms with E-state index in [2.05, 4.69) is 105 Å². The van der Waals surface area contributed by atoms with Crippen LogP contribution in [-0.2, 0) is 61.4 Å². The zero-order chi connectivity index (χ0) is 81.1. The number of rotatable bonds is 17. The normalized spacial score (nSPS) is 11.2. The minimum absolute atomic E-state index is 0. The van der Waals surface area contributed by atoms with Crippen LogP contribution in [0.5, 0.6) is 0 Å². The number of hydrogen-bond donors (Lipinski definition) is 4. The van der Waals surface area contributed by atoms with Crippen molar-refractivity contribution in [3.8, 4) is 0 Å². The molecule has 5 N–H and O–H groups in total. The van der Waals surface area contributed by atoms with Crippen LogP contribution >= 0.6 is 58.0 Å². The average molecular weight is 1680 g/mol. The molecule has 115 heavy (non-hydrogen) atoms. The zero-order valence-corrected chi connectivity index (χ0v) is 67.3. The minimum atomic E-state index is -3.39. The maximum Gasteiger partial charge on any atom is 1.00 e. The van der Waals surface area contributed by atoms with Gasteiger partial charge in [-0.25, -0.2) is 48.4 Å². The van der Waals surface area contributed by atoms with Crippen LogP contribution in [0.3, 0.4) is 0 Å². The predicted octanol–water partition coefficient (Wildman–Crippen LogP) is 8.12. The summed E-state index contributed by atoms with van der Waals surface area (Å²) >= 11 is 31.1. The van der Waals surface area contributed by atoms with E-state index >= 15 is 0 Å². The number of carbonyl (C=O) groups excluding carboxylic acids is 3. The van der Waals surface area contributed by atoms with Crippen LogP contribution in [-0.4, -0.2) is 190 Å². The molecule has 594 valence electrons. The molecule has 1 aromatic carbocycles. The first-order valence-corrected chi connectivity index (χ1v) is 37.5. The molecule has 1 aliphatic rings. The van der Waals surface area contributed by atoms with Gasteiger partial charge in [0.25, 0.3) is 16.0 Å². The molecular formula is C72H71Cl5LiN23O13S. The molecule has 0 spiro atoms. The summed E-state index contributed by atoms with van der Waals surface area (Å²) in [5.74, 6) is -2.44. The van der Waals surface area contributed by atoms with Gasteiger partial charge in [-0.1, -0.05) is 58.0 Å². The molecule has 1 aliphatic heterocycles. The van der Waals surface area contributed by atoms with Crippen LogP contribution in [0, 0.1) is 27.7 Å². The van der Waals surface area contributed by atoms with E-state index in [9.17, 15) is 27.6 Å². The third kappa shape index (κ3) is 25.4. The number of ether oxygens (including phenoxy) is 3. The molecule has 1 saturated heterocycles. The molecular weight excluding hydrogens is 1610 g/mol. The van der Waals surface area contributed by atoms with Gasteiger partial charge in [-0.15, -0.1) is 0 Å². The Morgan fingerprint density at radius 1 is 0.513 bits per heavy atom. The number of aryl methyl sites for hydroxylation is 4. The third-order valence-corrected chi connectivity index (χ3v) is 17.7. The fourth-order valence-corrected chi connectivity index (χ4v) is 12.0. The summed E-state index contributed by atoms with van der Waals surface area (Å²) in [5, 5.41) is 44.5. The van der Waals surface area contributed by atoms with Gasteiger partial charge in [0, 0.05) is 116 Å². The van der Waals surface area contributed by atoms with Crippen molar-refractivity contribution in [1.82, 2.24) is 109 Å². The first-order chi connectivity index (χ1) is 54.4. The Kier molecular flexibility index (Phi) is 35.2. The molecule has 14 heterocycles. The van der Waals surface area contributed by atoms with Crippen molar-refractivity contribution < 1.29 is 80.5 Å². The van der Waals surface area contributed by atoms with Gasteiger partial charge in [0.1, 0.15) is 6.61 Å². The largest absolute Gasteiger partial charge is 1.00 e. The molecule has 0 atom stereocenters. The van der Waals surface area contributed by atoms with Crippen LogP contribution in [0.2, 0.25) is 25.1 Å². The van der Waals surface area contributed by atoms with E-state index in [1.807, 2.05) is 20.8 Å². The molecule has 15 rings (SSSR count). The fourth-order valence-electron chi connectivity index (χ4n) is 10.2. The van der Waals surface area contributed by atoms with Crippen LogP contribution in [0.4, 0.5) is 5.69 Å². The van der Waals surface area contributed by atoms with Crippen LogP contribution in [0.15, 0.2) is 142 Å². The smallest absolute Gasteiger partial charge is 0.870 e. The first kappa shape index (κ1) is 91.0. The summed E-state index contributed by atoms with van der Waals surface area (Å²) in [6, 6.07) is 6.82. The van der Waals surface area contributed by atoms with Crippen molar-refractivity contribution in [2.75, 3.05) is 38.0 Å². The van der Waals surface area contributed by atoms with Gasteiger partial charge in [0.05, 0.1) is 186 Å². The second-order valence-corrected chi connectivity index (χ2v) is 27.0. The van der Waals surface area contributed by atoms with E-state index in [1.54, 1.807) is 127 Å². The maximum absolute atomic E-state index is 12.7. The standard InChI is InChI=1S/C19H14Cl2N6O.C15H14ClN5O2.C13H10ClN5O2.C10H10ClN3O2.C6H8N2O3S.C5H6N2O.C4H8O.Li.H2O/c1-11-16-17(21)15(19(28)25-13-4-2-12(20)3-5-13)9-24-18(16)27(26-11)10-14-8-22-6-7-23-14;1-3-23-15(22)11-7-19-14-12(13(11)16)9(2)20-21(14)8-10-6-17-4-5-18-10;1-7-10-11(14)9(13(20)21)5-17-12(10)19(18-7)6-8-4-15-2-3-16-8;1-3-16-10(15)6-4-12-9-7(8(6)11)5(2)13-14-9;1-12(9,10)11-5-6-4-7-2-3-8-6;8-4-5-3-6-1-2-7-5;1-2-4-5-3-1;;/h2-9H,10H2,1H3,(H,25,28);4-7H,3,8H2,1-2H3;2-5H,6H2,1H3,(H,20,21);4H,3H2,1-2H3,(H,12,13,14);2-4H,5H2,1H3;1-3,8H,4H2;1-4H2;;1H2/q;;;;;;;+1;/p-1. The summed E-state index contributed by atoms with van der Waals surface area (Å²) in [5.41, 5.74) is 9.61. The van der Waals surface area contributed by atoms with E-state index in [-0.39, 0.29) is 77.3 Å². The van der Waals surface area contributed by atoms with Crippen molar-refractivity contribution in [2.24, 2.45) is 0 Å². The maximum atomic E-state index is 12.7. The van der Waals surface area contributed by atoms with E-state index in [1.165, 1.54) is 62.4 Å². The first-order valence-electron chi connectivity index (χ1n) is 33.8. The summed E-state index contributed by atoms with van der Waals surface area (Å²) in [7, 11) is -3.39. The summed E-state index contributed by atoms with van der Waals surface area (Å²) in [4.78, 5) is 104. The van der Waals surface area contributed by atoms with Gasteiger partial charge in [-0.3, -0.25) is 63.9 Å². The number of carbonyl (C=O) groups is 4. The van der Waals surface area contributed by atoms with Crippen molar-refractivity contribution in [3.63, 3.8) is 0 Å². The van der Waals surface area contributed by atoms with Gasteiger partial charge >= 0.3 is 36.8 Å². The van der Waals surface area contributed by atoms with Gasteiger partial charge in [0.2, 0.25) is 0 Å². The summed E-state index contributed by atoms with van der Waals surface area (Å²) in [6.45, 7) is 14.4.